The third kappa shape index (κ3) is 5.07. The molecule has 0 N–H and O–H groups in total. The number of para-hydroxylation sites is 2. The van der Waals surface area contributed by atoms with Crippen LogP contribution in [0.5, 0.6) is 11.6 Å². The highest BCUT2D eigenvalue weighted by molar-refractivity contribution is 5.76. The van der Waals surface area contributed by atoms with Crippen LogP contribution in [-0.4, -0.2) is 40.8 Å². The fourth-order valence-corrected chi connectivity index (χ4v) is 3.28. The van der Waals surface area contributed by atoms with Crippen molar-refractivity contribution in [3.8, 4) is 17.3 Å². The molecule has 0 aliphatic carbocycles. The molecular formula is C24H29N3O3. The van der Waals surface area contributed by atoms with Crippen LogP contribution in [-0.2, 0) is 22.5 Å². The number of hydrogen-bond donors (Lipinski definition) is 0. The van der Waals surface area contributed by atoms with Crippen LogP contribution in [0.25, 0.3) is 5.69 Å². The van der Waals surface area contributed by atoms with Crippen molar-refractivity contribution >= 4 is 5.91 Å². The van der Waals surface area contributed by atoms with Crippen LogP contribution in [0.4, 0.5) is 0 Å². The van der Waals surface area contributed by atoms with Crippen LogP contribution in [0.1, 0.15) is 31.5 Å². The van der Waals surface area contributed by atoms with E-state index >= 15 is 0 Å². The lowest BCUT2D eigenvalue weighted by atomic mass is 10.1. The van der Waals surface area contributed by atoms with Gasteiger partial charge in [-0.2, -0.15) is 5.10 Å². The summed E-state index contributed by atoms with van der Waals surface area (Å²) in [5, 5.41) is 4.84. The maximum absolute atomic E-state index is 12.6. The largest absolute Gasteiger partial charge is 0.439 e. The summed E-state index contributed by atoms with van der Waals surface area (Å²) in [4.78, 5) is 14.4. The Bertz CT molecular complexity index is 939. The van der Waals surface area contributed by atoms with E-state index in [1.165, 1.54) is 0 Å². The molecule has 1 amide bonds. The zero-order valence-electron chi connectivity index (χ0n) is 17.9. The second-order valence-corrected chi connectivity index (χ2v) is 6.91. The minimum absolute atomic E-state index is 0.0761. The third-order valence-electron chi connectivity index (χ3n) is 4.88. The van der Waals surface area contributed by atoms with E-state index in [4.69, 9.17) is 14.6 Å². The smallest absolute Gasteiger partial charge is 0.227 e. The number of carbonyl (C=O) groups excluding carboxylic acids is 1. The molecule has 2 aromatic carbocycles. The number of aryl methyl sites for hydroxylation is 1. The minimum atomic E-state index is 0.0761. The Morgan fingerprint density at radius 1 is 1.03 bits per heavy atom. The number of benzene rings is 2. The van der Waals surface area contributed by atoms with Crippen molar-refractivity contribution in [2.75, 3.05) is 20.3 Å². The molecule has 0 atom stereocenters. The predicted octanol–water partition coefficient (Wildman–Crippen LogP) is 4.61. The summed E-state index contributed by atoms with van der Waals surface area (Å²) in [5.74, 6) is 1.44. The van der Waals surface area contributed by atoms with Crippen molar-refractivity contribution in [1.82, 2.24) is 14.7 Å². The Kier molecular flexibility index (Phi) is 7.63. The summed E-state index contributed by atoms with van der Waals surface area (Å²) in [7, 11) is 1.64. The number of rotatable bonds is 10. The average Bonchev–Trinajstić information content (AvgIpc) is 3.14. The SMILES string of the molecule is CCC(=O)N(CCOC)Cc1c(CC)nn(-c2ccccc2)c1Oc1ccccc1. The van der Waals surface area contributed by atoms with Gasteiger partial charge in [0.2, 0.25) is 11.8 Å². The molecule has 0 fully saturated rings. The van der Waals surface area contributed by atoms with Crippen LogP contribution in [0.3, 0.4) is 0 Å². The fourth-order valence-electron chi connectivity index (χ4n) is 3.28. The van der Waals surface area contributed by atoms with Gasteiger partial charge in [0.25, 0.3) is 0 Å². The van der Waals surface area contributed by atoms with Crippen LogP contribution in [0.15, 0.2) is 60.7 Å². The molecule has 158 valence electrons. The van der Waals surface area contributed by atoms with E-state index in [-0.39, 0.29) is 5.91 Å². The number of aromatic nitrogens is 2. The van der Waals surface area contributed by atoms with Gasteiger partial charge in [-0.1, -0.05) is 50.2 Å². The molecule has 0 aliphatic heterocycles. The van der Waals surface area contributed by atoms with Crippen molar-refractivity contribution < 1.29 is 14.3 Å². The monoisotopic (exact) mass is 407 g/mol. The first-order valence-corrected chi connectivity index (χ1v) is 10.3. The summed E-state index contributed by atoms with van der Waals surface area (Å²) in [6, 6.07) is 19.6. The summed E-state index contributed by atoms with van der Waals surface area (Å²) in [6.07, 6.45) is 1.17. The van der Waals surface area contributed by atoms with Gasteiger partial charge in [0, 0.05) is 20.1 Å². The molecule has 0 saturated carbocycles. The Labute approximate surface area is 178 Å². The molecule has 6 heteroatoms. The number of carbonyl (C=O) groups is 1. The van der Waals surface area contributed by atoms with Gasteiger partial charge in [-0.05, 0) is 30.7 Å². The molecule has 0 saturated heterocycles. The lowest BCUT2D eigenvalue weighted by Gasteiger charge is -2.22. The van der Waals surface area contributed by atoms with Crippen molar-refractivity contribution in [1.29, 1.82) is 0 Å². The first-order valence-electron chi connectivity index (χ1n) is 10.3. The van der Waals surface area contributed by atoms with Crippen molar-refractivity contribution in [3.05, 3.63) is 71.9 Å². The Hall–Kier alpha value is -3.12. The number of nitrogens with zero attached hydrogens (tertiary/aromatic N) is 3. The standard InChI is InChI=1S/C24H29N3O3/c1-4-22-21(18-26(16-17-29-3)23(28)5-2)24(30-20-14-10-7-11-15-20)27(25-22)19-12-8-6-9-13-19/h6-15H,4-5,16-18H2,1-3H3. The van der Waals surface area contributed by atoms with E-state index < -0.39 is 0 Å². The van der Waals surface area contributed by atoms with Crippen LogP contribution >= 0.6 is 0 Å². The normalized spacial score (nSPS) is 10.8. The molecule has 3 rings (SSSR count). The predicted molar refractivity (Wildman–Crippen MR) is 117 cm³/mol. The first kappa shape index (κ1) is 21.6. The molecular weight excluding hydrogens is 378 g/mol. The van der Waals surface area contributed by atoms with Gasteiger partial charge >= 0.3 is 0 Å². The van der Waals surface area contributed by atoms with E-state index in [2.05, 4.69) is 6.92 Å². The number of amides is 1. The topological polar surface area (TPSA) is 56.6 Å². The Balaban J connectivity index is 2.07. The average molecular weight is 408 g/mol. The minimum Gasteiger partial charge on any atom is -0.439 e. The molecule has 1 heterocycles. The lowest BCUT2D eigenvalue weighted by molar-refractivity contribution is -0.132. The van der Waals surface area contributed by atoms with E-state index in [1.807, 2.05) is 77.2 Å². The number of hydrogen-bond acceptors (Lipinski definition) is 4. The third-order valence-corrected chi connectivity index (χ3v) is 4.88. The molecule has 1 aromatic heterocycles. The molecule has 0 radical (unpaired) electrons. The van der Waals surface area contributed by atoms with Gasteiger partial charge in [0.15, 0.2) is 0 Å². The summed E-state index contributed by atoms with van der Waals surface area (Å²) < 4.78 is 13.4. The van der Waals surface area contributed by atoms with Crippen LogP contribution in [0, 0.1) is 0 Å². The van der Waals surface area contributed by atoms with Crippen molar-refractivity contribution in [2.24, 2.45) is 0 Å². The van der Waals surface area contributed by atoms with Gasteiger partial charge in [0.05, 0.1) is 30.1 Å². The van der Waals surface area contributed by atoms with Crippen LogP contribution < -0.4 is 4.74 Å². The maximum Gasteiger partial charge on any atom is 0.227 e. The number of methoxy groups -OCH3 is 1. The molecule has 0 unspecified atom stereocenters. The van der Waals surface area contributed by atoms with E-state index in [0.29, 0.717) is 32.0 Å². The Morgan fingerprint density at radius 3 is 2.30 bits per heavy atom. The van der Waals surface area contributed by atoms with Crippen LogP contribution in [0.2, 0.25) is 0 Å². The molecule has 0 bridgehead atoms. The van der Waals surface area contributed by atoms with Crippen molar-refractivity contribution in [2.45, 2.75) is 33.2 Å². The zero-order valence-corrected chi connectivity index (χ0v) is 17.9. The quantitative estimate of drug-likeness (QED) is 0.492. The highest BCUT2D eigenvalue weighted by Crippen LogP contribution is 2.32. The fraction of sp³-hybridized carbons (Fsp3) is 0.333. The van der Waals surface area contributed by atoms with Gasteiger partial charge in [-0.15, -0.1) is 0 Å². The second kappa shape index (κ2) is 10.6. The molecule has 6 nitrogen and oxygen atoms in total. The van der Waals surface area contributed by atoms with E-state index in [0.717, 1.165) is 29.1 Å². The zero-order chi connectivity index (χ0) is 21.3. The van der Waals surface area contributed by atoms with Gasteiger partial charge < -0.3 is 14.4 Å². The Morgan fingerprint density at radius 2 is 1.70 bits per heavy atom. The van der Waals surface area contributed by atoms with Crippen molar-refractivity contribution in [3.63, 3.8) is 0 Å². The van der Waals surface area contributed by atoms with Gasteiger partial charge in [-0.25, -0.2) is 4.68 Å². The maximum atomic E-state index is 12.6. The summed E-state index contributed by atoms with van der Waals surface area (Å²) >= 11 is 0. The summed E-state index contributed by atoms with van der Waals surface area (Å²) in [6.45, 7) is 5.36. The lowest BCUT2D eigenvalue weighted by Crippen LogP contribution is -2.33. The molecule has 30 heavy (non-hydrogen) atoms. The number of ether oxygens (including phenoxy) is 2. The van der Waals surface area contributed by atoms with Gasteiger partial charge in [0.1, 0.15) is 5.75 Å². The molecule has 3 aromatic rings. The highest BCUT2D eigenvalue weighted by atomic mass is 16.5. The highest BCUT2D eigenvalue weighted by Gasteiger charge is 2.24. The molecule has 0 aliphatic rings. The van der Waals surface area contributed by atoms with Gasteiger partial charge in [-0.3, -0.25) is 4.79 Å². The molecule has 0 spiro atoms. The van der Waals surface area contributed by atoms with E-state index in [9.17, 15) is 4.79 Å². The summed E-state index contributed by atoms with van der Waals surface area (Å²) in [5.41, 5.74) is 2.74. The first-order chi connectivity index (χ1) is 14.7. The van der Waals surface area contributed by atoms with E-state index in [1.54, 1.807) is 7.11 Å². The second-order valence-electron chi connectivity index (χ2n) is 6.91.